The lowest BCUT2D eigenvalue weighted by molar-refractivity contribution is -0.121. The van der Waals surface area contributed by atoms with Gasteiger partial charge in [-0.05, 0) is 25.1 Å². The van der Waals surface area contributed by atoms with E-state index in [1.54, 1.807) is 49.4 Å². The van der Waals surface area contributed by atoms with E-state index >= 15 is 0 Å². The van der Waals surface area contributed by atoms with Gasteiger partial charge in [-0.3, -0.25) is 4.79 Å². The predicted molar refractivity (Wildman–Crippen MR) is 81.3 cm³/mol. The van der Waals surface area contributed by atoms with Crippen molar-refractivity contribution in [2.75, 3.05) is 6.54 Å². The topological polar surface area (TPSA) is 62.5 Å². The highest BCUT2D eigenvalue weighted by atomic mass is 19.1. The van der Waals surface area contributed by atoms with E-state index in [0.717, 1.165) is 0 Å². The third kappa shape index (κ3) is 4.30. The Kier molecular flexibility index (Phi) is 5.12. The van der Waals surface area contributed by atoms with Crippen molar-refractivity contribution in [2.45, 2.75) is 18.9 Å². The van der Waals surface area contributed by atoms with Crippen LogP contribution in [0.4, 0.5) is 4.39 Å². The Balaban J connectivity index is 1.83. The molecule has 2 aromatic rings. The maximum absolute atomic E-state index is 13.4. The summed E-state index contributed by atoms with van der Waals surface area (Å²) in [6.07, 6.45) is 4.69. The van der Waals surface area contributed by atoms with Gasteiger partial charge in [0.2, 0.25) is 5.91 Å². The smallest absolute Gasteiger partial charge is 0.223 e. The average Bonchev–Trinajstić information content (AvgIpc) is 3.02. The molecule has 4 nitrogen and oxygen atoms in total. The summed E-state index contributed by atoms with van der Waals surface area (Å²) >= 11 is 0. The van der Waals surface area contributed by atoms with Crippen LogP contribution >= 0.6 is 0 Å². The fourth-order valence-corrected chi connectivity index (χ4v) is 1.92. The fraction of sp³-hybridized carbons (Fsp3) is 0.235. The summed E-state index contributed by atoms with van der Waals surface area (Å²) in [5.41, 5.74) is -0.841. The van der Waals surface area contributed by atoms with E-state index in [1.807, 2.05) is 0 Å². The first-order valence-electron chi connectivity index (χ1n) is 6.93. The molecule has 1 amide bonds. The number of aliphatic hydroxyl groups is 1. The number of carbonyl (C=O) groups is 1. The standard InChI is InChI=1S/C17H18FNO3/c1-17(21,15-9-5-11-22-15)12-19-16(20)10-4-7-13-6-2-3-8-14(13)18/h2-9,11,21H,10,12H2,1H3,(H,19,20). The molecular formula is C17H18FNO3. The van der Waals surface area contributed by atoms with Gasteiger partial charge in [0.05, 0.1) is 12.8 Å². The van der Waals surface area contributed by atoms with Gasteiger partial charge in [-0.2, -0.15) is 0 Å². The zero-order chi connectivity index (χ0) is 16.0. The lowest BCUT2D eigenvalue weighted by Crippen LogP contribution is -2.38. The highest BCUT2D eigenvalue weighted by Gasteiger charge is 2.26. The van der Waals surface area contributed by atoms with Crippen molar-refractivity contribution in [3.63, 3.8) is 0 Å². The number of hydrogen-bond acceptors (Lipinski definition) is 3. The van der Waals surface area contributed by atoms with E-state index in [0.29, 0.717) is 11.3 Å². The van der Waals surface area contributed by atoms with E-state index < -0.39 is 5.60 Å². The van der Waals surface area contributed by atoms with Gasteiger partial charge in [-0.25, -0.2) is 4.39 Å². The van der Waals surface area contributed by atoms with Crippen LogP contribution in [-0.4, -0.2) is 17.6 Å². The summed E-state index contributed by atoms with van der Waals surface area (Å²) in [6, 6.07) is 9.64. The first-order chi connectivity index (χ1) is 10.5. The van der Waals surface area contributed by atoms with Gasteiger partial charge in [0.25, 0.3) is 0 Å². The molecule has 5 heteroatoms. The van der Waals surface area contributed by atoms with Gasteiger partial charge in [0.1, 0.15) is 17.2 Å². The lowest BCUT2D eigenvalue weighted by Gasteiger charge is -2.20. The van der Waals surface area contributed by atoms with Crippen molar-refractivity contribution in [2.24, 2.45) is 0 Å². The Hall–Kier alpha value is -2.40. The van der Waals surface area contributed by atoms with Crippen LogP contribution < -0.4 is 5.32 Å². The van der Waals surface area contributed by atoms with Gasteiger partial charge >= 0.3 is 0 Å². The van der Waals surface area contributed by atoms with Crippen molar-refractivity contribution >= 4 is 12.0 Å². The largest absolute Gasteiger partial charge is 0.466 e. The molecule has 0 aliphatic heterocycles. The Morgan fingerprint density at radius 2 is 2.14 bits per heavy atom. The molecule has 0 bridgehead atoms. The Bertz CT molecular complexity index is 648. The molecule has 1 atom stereocenters. The zero-order valence-corrected chi connectivity index (χ0v) is 12.3. The average molecular weight is 303 g/mol. The maximum atomic E-state index is 13.4. The Morgan fingerprint density at radius 1 is 1.36 bits per heavy atom. The predicted octanol–water partition coefficient (Wildman–Crippen LogP) is 2.85. The molecular weight excluding hydrogens is 285 g/mol. The maximum Gasteiger partial charge on any atom is 0.223 e. The van der Waals surface area contributed by atoms with Crippen LogP contribution in [0.1, 0.15) is 24.7 Å². The molecule has 1 unspecified atom stereocenters. The van der Waals surface area contributed by atoms with E-state index in [9.17, 15) is 14.3 Å². The van der Waals surface area contributed by atoms with Crippen molar-refractivity contribution in [1.29, 1.82) is 0 Å². The van der Waals surface area contributed by atoms with Gasteiger partial charge in [-0.1, -0.05) is 30.4 Å². The summed E-state index contributed by atoms with van der Waals surface area (Å²) in [7, 11) is 0. The minimum Gasteiger partial charge on any atom is -0.466 e. The van der Waals surface area contributed by atoms with Crippen LogP contribution in [0.5, 0.6) is 0 Å². The highest BCUT2D eigenvalue weighted by molar-refractivity contribution is 5.78. The van der Waals surface area contributed by atoms with Gasteiger partial charge < -0.3 is 14.8 Å². The summed E-state index contributed by atoms with van der Waals surface area (Å²) in [5.74, 6) is -0.214. The number of benzene rings is 1. The van der Waals surface area contributed by atoms with Crippen molar-refractivity contribution in [3.8, 4) is 0 Å². The second-order valence-corrected chi connectivity index (χ2v) is 5.16. The summed E-state index contributed by atoms with van der Waals surface area (Å²) in [6.45, 7) is 1.59. The van der Waals surface area contributed by atoms with Crippen LogP contribution in [-0.2, 0) is 10.4 Å². The molecule has 1 aromatic heterocycles. The fourth-order valence-electron chi connectivity index (χ4n) is 1.92. The van der Waals surface area contributed by atoms with Crippen LogP contribution in [0, 0.1) is 5.82 Å². The minimum absolute atomic E-state index is 0.0346. The molecule has 2 N–H and O–H groups in total. The third-order valence-corrected chi connectivity index (χ3v) is 3.19. The summed E-state index contributed by atoms with van der Waals surface area (Å²) in [5, 5.41) is 12.8. The Labute approximate surface area is 128 Å². The van der Waals surface area contributed by atoms with Gasteiger partial charge in [0, 0.05) is 12.0 Å². The Morgan fingerprint density at radius 3 is 2.82 bits per heavy atom. The van der Waals surface area contributed by atoms with Crippen LogP contribution in [0.25, 0.3) is 6.08 Å². The van der Waals surface area contributed by atoms with Crippen LogP contribution in [0.15, 0.2) is 53.2 Å². The lowest BCUT2D eigenvalue weighted by atomic mass is 10.0. The molecule has 22 heavy (non-hydrogen) atoms. The molecule has 0 radical (unpaired) electrons. The molecule has 2 rings (SSSR count). The second-order valence-electron chi connectivity index (χ2n) is 5.16. The van der Waals surface area contributed by atoms with Gasteiger partial charge in [0.15, 0.2) is 0 Å². The zero-order valence-electron chi connectivity index (χ0n) is 12.3. The first-order valence-corrected chi connectivity index (χ1v) is 6.93. The van der Waals surface area contributed by atoms with E-state index in [-0.39, 0.29) is 24.7 Å². The molecule has 0 fully saturated rings. The van der Waals surface area contributed by atoms with Crippen molar-refractivity contribution in [3.05, 3.63) is 65.9 Å². The van der Waals surface area contributed by atoms with E-state index in [2.05, 4.69) is 5.32 Å². The molecule has 0 saturated heterocycles. The highest BCUT2D eigenvalue weighted by Crippen LogP contribution is 2.19. The number of carbonyl (C=O) groups excluding carboxylic acids is 1. The molecule has 0 aliphatic rings. The third-order valence-electron chi connectivity index (χ3n) is 3.19. The number of amides is 1. The summed E-state index contributed by atoms with van der Waals surface area (Å²) in [4.78, 5) is 11.7. The normalized spacial score (nSPS) is 14.0. The van der Waals surface area contributed by atoms with E-state index in [1.165, 1.54) is 12.3 Å². The molecule has 1 heterocycles. The van der Waals surface area contributed by atoms with Crippen LogP contribution in [0.2, 0.25) is 0 Å². The second kappa shape index (κ2) is 7.04. The number of halogens is 1. The number of furan rings is 1. The van der Waals surface area contributed by atoms with E-state index in [4.69, 9.17) is 4.42 Å². The van der Waals surface area contributed by atoms with Crippen molar-refractivity contribution in [1.82, 2.24) is 5.32 Å². The molecule has 1 aromatic carbocycles. The summed E-state index contributed by atoms with van der Waals surface area (Å²) < 4.78 is 18.5. The first kappa shape index (κ1) is 16.0. The monoisotopic (exact) mass is 303 g/mol. The molecule has 0 aliphatic carbocycles. The molecule has 0 saturated carbocycles. The van der Waals surface area contributed by atoms with Gasteiger partial charge in [-0.15, -0.1) is 0 Å². The SMILES string of the molecule is CC(O)(CNC(=O)CC=Cc1ccccc1F)c1ccco1. The molecule has 116 valence electrons. The molecule has 0 spiro atoms. The van der Waals surface area contributed by atoms with Crippen LogP contribution in [0.3, 0.4) is 0 Å². The van der Waals surface area contributed by atoms with Crippen molar-refractivity contribution < 1.29 is 18.7 Å². The number of nitrogens with one attached hydrogen (secondary N) is 1. The quantitative estimate of drug-likeness (QED) is 0.862. The number of rotatable bonds is 6. The minimum atomic E-state index is -1.27. The number of hydrogen-bond donors (Lipinski definition) is 2.